The Morgan fingerprint density at radius 1 is 1.25 bits per heavy atom. The molecule has 5 N–H and O–H groups in total. The number of ether oxygens (including phenoxy) is 2. The Balaban J connectivity index is 1.34. The van der Waals surface area contributed by atoms with Gasteiger partial charge in [0.25, 0.3) is 0 Å². The van der Waals surface area contributed by atoms with E-state index >= 15 is 0 Å². The van der Waals surface area contributed by atoms with Gasteiger partial charge in [0, 0.05) is 0 Å². The summed E-state index contributed by atoms with van der Waals surface area (Å²) in [6, 6.07) is 13.1. The minimum Gasteiger partial charge on any atom is -0.461 e. The molecular formula is C25H29N6O8P. The Kier molecular flexibility index (Phi) is 8.04. The highest BCUT2D eigenvalue weighted by Gasteiger charge is 2.57. The van der Waals surface area contributed by atoms with Crippen LogP contribution in [0.15, 0.2) is 48.8 Å². The van der Waals surface area contributed by atoms with Gasteiger partial charge in [-0.05, 0) is 49.9 Å². The maximum Gasteiger partial charge on any atom is 0.459 e. The molecule has 1 aliphatic carbocycles. The molecule has 1 saturated heterocycles. The Labute approximate surface area is 229 Å². The van der Waals surface area contributed by atoms with Crippen LogP contribution in [0.5, 0.6) is 5.75 Å². The number of para-hydroxylation sites is 1. The Bertz CT molecular complexity index is 1440. The second kappa shape index (κ2) is 11.5. The number of nitrogens with zero attached hydrogens (tertiary/aromatic N) is 4. The first kappa shape index (κ1) is 28.0. The highest BCUT2D eigenvalue weighted by atomic mass is 31.2. The molecule has 1 aromatic carbocycles. The van der Waals surface area contributed by atoms with E-state index < -0.39 is 50.8 Å². The quantitative estimate of drug-likeness (QED) is 0.202. The van der Waals surface area contributed by atoms with Crippen LogP contribution >= 0.6 is 7.75 Å². The average molecular weight is 573 g/mol. The first-order valence-electron chi connectivity index (χ1n) is 12.7. The number of nitrogens with one attached hydrogen (secondary N) is 1. The molecule has 1 saturated carbocycles. The molecule has 0 amide bonds. The van der Waals surface area contributed by atoms with Gasteiger partial charge in [-0.25, -0.2) is 19.2 Å². The number of anilines is 1. The van der Waals surface area contributed by atoms with Crippen LogP contribution in [0, 0.1) is 11.3 Å². The van der Waals surface area contributed by atoms with E-state index in [0.29, 0.717) is 11.2 Å². The number of hydrogen-bond donors (Lipinski definition) is 4. The average Bonchev–Trinajstić information content (AvgIpc) is 3.68. The zero-order valence-corrected chi connectivity index (χ0v) is 22.2. The monoisotopic (exact) mass is 572 g/mol. The summed E-state index contributed by atoms with van der Waals surface area (Å²) in [7, 11) is -4.34. The number of nitrogen functional groups attached to an aromatic ring is 1. The SMILES string of the molecule is N#C[C@]1(COP(=O)(NCC(=O)OC2CCCC2)Oc2ccccc2)O[C@@H](c2ccc3c(N)ncnn23)[C@H](O)[C@@H]1O. The Hall–Kier alpha value is -3.57. The number of rotatable bonds is 10. The smallest absolute Gasteiger partial charge is 0.459 e. The van der Waals surface area contributed by atoms with Crippen molar-refractivity contribution in [3.8, 4) is 11.8 Å². The second-order valence-corrected chi connectivity index (χ2v) is 11.3. The highest BCUT2D eigenvalue weighted by Crippen LogP contribution is 2.48. The van der Waals surface area contributed by atoms with Gasteiger partial charge in [-0.15, -0.1) is 0 Å². The number of esters is 1. The van der Waals surface area contributed by atoms with Crippen molar-refractivity contribution in [2.45, 2.75) is 55.7 Å². The third-order valence-corrected chi connectivity index (χ3v) is 8.34. The molecule has 1 unspecified atom stereocenters. The largest absolute Gasteiger partial charge is 0.461 e. The number of benzene rings is 1. The van der Waals surface area contributed by atoms with E-state index in [4.69, 9.17) is 24.3 Å². The molecule has 212 valence electrons. The molecule has 0 spiro atoms. The standard InChI is InChI=1S/C25H29N6O8P/c26-13-25(23(34)21(33)22(38-25)18-10-11-19-24(27)28-15-29-31(18)19)14-36-40(35,39-17-8-2-1-3-9-17)30-12-20(32)37-16-6-4-5-7-16/h1-3,8-11,15-16,21-23,33-34H,4-7,12,14H2,(H,30,35)(H2,27,28,29)/t21-,22-,23-,25+,40?/m0/s1. The molecule has 2 aliphatic rings. The number of aromatic nitrogens is 3. The summed E-state index contributed by atoms with van der Waals surface area (Å²) in [5.41, 5.74) is 4.45. The fourth-order valence-electron chi connectivity index (χ4n) is 4.78. The van der Waals surface area contributed by atoms with Crippen LogP contribution in [0.3, 0.4) is 0 Å². The van der Waals surface area contributed by atoms with E-state index in [1.165, 1.54) is 23.0 Å². The van der Waals surface area contributed by atoms with E-state index in [1.54, 1.807) is 30.3 Å². The van der Waals surface area contributed by atoms with Crippen LogP contribution in [-0.2, 0) is 23.4 Å². The summed E-state index contributed by atoms with van der Waals surface area (Å²) in [5.74, 6) is -0.298. The number of carbonyl (C=O) groups is 1. The maximum absolute atomic E-state index is 13.7. The number of nitriles is 1. The number of nitrogens with two attached hydrogens (primary N) is 1. The zero-order chi connectivity index (χ0) is 28.3. The topological polar surface area (TPSA) is 204 Å². The first-order valence-corrected chi connectivity index (χ1v) is 14.2. The van der Waals surface area contributed by atoms with E-state index in [-0.39, 0.29) is 17.7 Å². The predicted octanol–water partition coefficient (Wildman–Crippen LogP) is 1.65. The zero-order valence-electron chi connectivity index (χ0n) is 21.3. The van der Waals surface area contributed by atoms with Crippen LogP contribution in [0.2, 0.25) is 0 Å². The summed E-state index contributed by atoms with van der Waals surface area (Å²) in [6.07, 6.45) is -0.101. The molecule has 0 radical (unpaired) electrons. The number of aliphatic hydroxyl groups excluding tert-OH is 2. The molecule has 3 heterocycles. The van der Waals surface area contributed by atoms with Gasteiger partial charge in [0.05, 0.1) is 5.69 Å². The minimum atomic E-state index is -4.34. The van der Waals surface area contributed by atoms with Crippen molar-refractivity contribution in [2.24, 2.45) is 0 Å². The number of aliphatic hydroxyl groups is 2. The molecule has 5 atom stereocenters. The highest BCUT2D eigenvalue weighted by molar-refractivity contribution is 7.52. The minimum absolute atomic E-state index is 0.163. The summed E-state index contributed by atoms with van der Waals surface area (Å²) in [4.78, 5) is 16.3. The number of hydrogen-bond acceptors (Lipinski definition) is 12. The number of carbonyl (C=O) groups excluding carboxylic acids is 1. The van der Waals surface area contributed by atoms with Crippen LogP contribution < -0.4 is 15.3 Å². The maximum atomic E-state index is 13.7. The van der Waals surface area contributed by atoms with E-state index in [1.807, 2.05) is 6.07 Å². The van der Waals surface area contributed by atoms with Crippen molar-refractivity contribution in [3.63, 3.8) is 0 Å². The van der Waals surface area contributed by atoms with Crippen molar-refractivity contribution in [1.29, 1.82) is 5.26 Å². The van der Waals surface area contributed by atoms with Gasteiger partial charge in [-0.3, -0.25) is 9.32 Å². The lowest BCUT2D eigenvalue weighted by Gasteiger charge is -2.27. The van der Waals surface area contributed by atoms with Crippen LogP contribution in [-0.4, -0.2) is 67.8 Å². The van der Waals surface area contributed by atoms with Gasteiger partial charge >= 0.3 is 13.7 Å². The normalized spacial score (nSPS) is 26.4. The predicted molar refractivity (Wildman–Crippen MR) is 139 cm³/mol. The lowest BCUT2D eigenvalue weighted by atomic mass is 9.96. The van der Waals surface area contributed by atoms with Gasteiger partial charge in [-0.1, -0.05) is 18.2 Å². The number of fused-ring (bicyclic) bond motifs is 1. The summed E-state index contributed by atoms with van der Waals surface area (Å²) < 4.78 is 37.5. The van der Waals surface area contributed by atoms with Gasteiger partial charge in [0.1, 0.15) is 61.2 Å². The van der Waals surface area contributed by atoms with Crippen molar-refractivity contribution >= 4 is 25.1 Å². The van der Waals surface area contributed by atoms with Crippen LogP contribution in [0.1, 0.15) is 37.5 Å². The van der Waals surface area contributed by atoms with E-state index in [0.717, 1.165) is 25.7 Å². The fraction of sp³-hybridized carbons (Fsp3) is 0.440. The Morgan fingerprint density at radius 2 is 2.00 bits per heavy atom. The molecule has 1 aliphatic heterocycles. The Morgan fingerprint density at radius 3 is 2.73 bits per heavy atom. The lowest BCUT2D eigenvalue weighted by Crippen LogP contribution is -2.46. The summed E-state index contributed by atoms with van der Waals surface area (Å²) >= 11 is 0. The van der Waals surface area contributed by atoms with Crippen molar-refractivity contribution in [3.05, 3.63) is 54.5 Å². The molecule has 5 rings (SSSR count). The van der Waals surface area contributed by atoms with Crippen molar-refractivity contribution in [1.82, 2.24) is 19.7 Å². The fourth-order valence-corrected chi connectivity index (χ4v) is 6.07. The third kappa shape index (κ3) is 5.66. The van der Waals surface area contributed by atoms with Gasteiger partial charge in [-0.2, -0.15) is 10.4 Å². The van der Waals surface area contributed by atoms with E-state index in [2.05, 4.69) is 15.2 Å². The molecule has 3 aromatic rings. The molecule has 14 nitrogen and oxygen atoms in total. The first-order chi connectivity index (χ1) is 19.2. The second-order valence-electron chi connectivity index (χ2n) is 9.58. The third-order valence-electron chi connectivity index (χ3n) is 6.88. The summed E-state index contributed by atoms with van der Waals surface area (Å²) in [5, 5.41) is 38.4. The lowest BCUT2D eigenvalue weighted by molar-refractivity contribution is -0.147. The molecule has 2 aromatic heterocycles. The van der Waals surface area contributed by atoms with Gasteiger partial charge in [0.2, 0.25) is 5.60 Å². The van der Waals surface area contributed by atoms with Gasteiger partial charge in [0.15, 0.2) is 5.82 Å². The molecule has 2 fully saturated rings. The molecule has 0 bridgehead atoms. The molecule has 15 heteroatoms. The van der Waals surface area contributed by atoms with Crippen molar-refractivity contribution in [2.75, 3.05) is 18.9 Å². The van der Waals surface area contributed by atoms with E-state index in [9.17, 15) is 24.8 Å². The van der Waals surface area contributed by atoms with Gasteiger partial charge < -0.3 is 29.9 Å². The molecular weight excluding hydrogens is 543 g/mol. The van der Waals surface area contributed by atoms with Crippen LogP contribution in [0.25, 0.3) is 5.52 Å². The van der Waals surface area contributed by atoms with Crippen molar-refractivity contribution < 1.29 is 38.1 Å². The van der Waals surface area contributed by atoms with Crippen LogP contribution in [0.4, 0.5) is 5.82 Å². The summed E-state index contributed by atoms with van der Waals surface area (Å²) in [6.45, 7) is -1.28. The molecule has 40 heavy (non-hydrogen) atoms.